The van der Waals surface area contributed by atoms with E-state index in [1.54, 1.807) is 6.20 Å². The second-order valence-electron chi connectivity index (χ2n) is 7.16. The zero-order valence-electron chi connectivity index (χ0n) is 12.5. The Kier molecular flexibility index (Phi) is 4.40. The third-order valence-corrected chi connectivity index (χ3v) is 6.08. The first kappa shape index (κ1) is 14.0. The number of allylic oxidation sites excluding steroid dienone is 1. The molecule has 0 bridgehead atoms. The Morgan fingerprint density at radius 2 is 2.06 bits per heavy atom. The lowest BCUT2D eigenvalue weighted by Gasteiger charge is -2.53. The van der Waals surface area contributed by atoms with Gasteiger partial charge in [0.15, 0.2) is 0 Å². The van der Waals surface area contributed by atoms with Crippen molar-refractivity contribution in [3.05, 3.63) is 11.8 Å². The summed E-state index contributed by atoms with van der Waals surface area (Å²) in [6, 6.07) is 0. The lowest BCUT2D eigenvalue weighted by molar-refractivity contribution is -0.0328. The van der Waals surface area contributed by atoms with E-state index in [-0.39, 0.29) is 0 Å². The van der Waals surface area contributed by atoms with Crippen LogP contribution in [-0.4, -0.2) is 0 Å². The average molecular weight is 249 g/mol. The van der Waals surface area contributed by atoms with Crippen molar-refractivity contribution in [3.63, 3.8) is 0 Å². The number of rotatable bonds is 3. The van der Waals surface area contributed by atoms with E-state index in [2.05, 4.69) is 20.8 Å². The van der Waals surface area contributed by atoms with Gasteiger partial charge in [0, 0.05) is 0 Å². The van der Waals surface area contributed by atoms with Gasteiger partial charge in [0.2, 0.25) is 0 Å². The lowest BCUT2D eigenvalue weighted by atomic mass is 9.52. The minimum atomic E-state index is 0.630. The fourth-order valence-corrected chi connectivity index (χ4v) is 4.84. The van der Waals surface area contributed by atoms with Crippen LogP contribution in [0.4, 0.5) is 0 Å². The van der Waals surface area contributed by atoms with Crippen LogP contribution in [0.5, 0.6) is 0 Å². The highest BCUT2D eigenvalue weighted by Gasteiger charge is 2.46. The summed E-state index contributed by atoms with van der Waals surface area (Å²) in [7, 11) is 0. The molecule has 2 fully saturated rings. The molecule has 0 heterocycles. The van der Waals surface area contributed by atoms with Crippen LogP contribution in [0, 0.1) is 23.2 Å². The molecular weight excluding hydrogens is 218 g/mol. The molecule has 0 saturated heterocycles. The molecule has 0 aliphatic heterocycles. The molecule has 0 aromatic rings. The molecule has 2 aliphatic rings. The van der Waals surface area contributed by atoms with E-state index in [0.29, 0.717) is 5.41 Å². The molecule has 2 N–H and O–H groups in total. The molecule has 0 aromatic carbocycles. The van der Waals surface area contributed by atoms with Crippen molar-refractivity contribution in [2.75, 3.05) is 0 Å². The van der Waals surface area contributed by atoms with Gasteiger partial charge in [-0.1, -0.05) is 38.7 Å². The normalized spacial score (nSPS) is 41.5. The summed E-state index contributed by atoms with van der Waals surface area (Å²) in [5.74, 6) is 2.89. The highest BCUT2D eigenvalue weighted by Crippen LogP contribution is 2.56. The maximum Gasteiger partial charge on any atom is -0.00733 e. The van der Waals surface area contributed by atoms with Crippen molar-refractivity contribution in [1.82, 2.24) is 0 Å². The maximum absolute atomic E-state index is 5.61. The van der Waals surface area contributed by atoms with E-state index >= 15 is 0 Å². The van der Waals surface area contributed by atoms with Gasteiger partial charge in [-0.05, 0) is 68.4 Å². The maximum atomic E-state index is 5.61. The standard InChI is InChI=1S/C17H31N/c1-13(12-18)9-10-15-7-4-8-16-14(2)6-5-11-17(15,16)3/h12,14-16H,4-11,18H2,1-3H3/b13-12+. The van der Waals surface area contributed by atoms with Gasteiger partial charge in [0.1, 0.15) is 0 Å². The number of nitrogens with two attached hydrogens (primary N) is 1. The summed E-state index contributed by atoms with van der Waals surface area (Å²) in [6.45, 7) is 7.26. The van der Waals surface area contributed by atoms with Gasteiger partial charge in [-0.2, -0.15) is 0 Å². The Bertz CT molecular complexity index is 307. The van der Waals surface area contributed by atoms with Crippen LogP contribution in [0.15, 0.2) is 11.8 Å². The molecule has 2 rings (SSSR count). The van der Waals surface area contributed by atoms with Crippen LogP contribution >= 0.6 is 0 Å². The van der Waals surface area contributed by atoms with Crippen LogP contribution < -0.4 is 5.73 Å². The van der Waals surface area contributed by atoms with Crippen molar-refractivity contribution in [2.45, 2.75) is 72.1 Å². The molecule has 2 aliphatic carbocycles. The van der Waals surface area contributed by atoms with Crippen molar-refractivity contribution in [3.8, 4) is 0 Å². The molecule has 0 radical (unpaired) electrons. The molecule has 1 nitrogen and oxygen atoms in total. The third kappa shape index (κ3) is 2.60. The van der Waals surface area contributed by atoms with Crippen LogP contribution in [0.3, 0.4) is 0 Å². The summed E-state index contributed by atoms with van der Waals surface area (Å²) in [6.07, 6.45) is 13.2. The molecule has 0 aromatic heterocycles. The van der Waals surface area contributed by atoms with Gasteiger partial charge in [0.25, 0.3) is 0 Å². The highest BCUT2D eigenvalue weighted by atomic mass is 14.5. The van der Waals surface area contributed by atoms with Crippen LogP contribution in [-0.2, 0) is 0 Å². The molecule has 104 valence electrons. The second-order valence-corrected chi connectivity index (χ2v) is 7.16. The van der Waals surface area contributed by atoms with Gasteiger partial charge < -0.3 is 5.73 Å². The smallest absolute Gasteiger partial charge is 0.00733 e. The van der Waals surface area contributed by atoms with Crippen LogP contribution in [0.1, 0.15) is 72.1 Å². The van der Waals surface area contributed by atoms with Crippen LogP contribution in [0.25, 0.3) is 0 Å². The molecule has 18 heavy (non-hydrogen) atoms. The first-order valence-corrected chi connectivity index (χ1v) is 7.95. The zero-order chi connectivity index (χ0) is 13.2. The Labute approximate surface area is 113 Å². The summed E-state index contributed by atoms with van der Waals surface area (Å²) in [4.78, 5) is 0. The Morgan fingerprint density at radius 1 is 1.28 bits per heavy atom. The van der Waals surface area contributed by atoms with Gasteiger partial charge in [-0.3, -0.25) is 0 Å². The monoisotopic (exact) mass is 249 g/mol. The topological polar surface area (TPSA) is 26.0 Å². The SMILES string of the molecule is C/C(=C\N)CCC1CCCC2C(C)CCCC12C. The molecule has 0 spiro atoms. The Morgan fingerprint density at radius 3 is 2.78 bits per heavy atom. The molecule has 4 atom stereocenters. The quantitative estimate of drug-likeness (QED) is 0.758. The first-order chi connectivity index (χ1) is 8.58. The van der Waals surface area contributed by atoms with Gasteiger partial charge in [-0.15, -0.1) is 0 Å². The second kappa shape index (κ2) is 5.67. The van der Waals surface area contributed by atoms with Crippen molar-refractivity contribution in [1.29, 1.82) is 0 Å². The van der Waals surface area contributed by atoms with E-state index in [4.69, 9.17) is 5.73 Å². The predicted octanol–water partition coefficient (Wildman–Crippen LogP) is 4.87. The molecule has 1 heteroatoms. The van der Waals surface area contributed by atoms with E-state index in [9.17, 15) is 0 Å². The average Bonchev–Trinajstić information content (AvgIpc) is 2.36. The van der Waals surface area contributed by atoms with Gasteiger partial charge >= 0.3 is 0 Å². The fraction of sp³-hybridized carbons (Fsp3) is 0.882. The summed E-state index contributed by atoms with van der Waals surface area (Å²) in [5, 5.41) is 0. The molecule has 0 amide bonds. The third-order valence-electron chi connectivity index (χ3n) is 6.08. The Hall–Kier alpha value is -0.460. The van der Waals surface area contributed by atoms with E-state index in [1.807, 2.05) is 0 Å². The van der Waals surface area contributed by atoms with Crippen LogP contribution in [0.2, 0.25) is 0 Å². The number of fused-ring (bicyclic) bond motifs is 1. The first-order valence-electron chi connectivity index (χ1n) is 7.95. The number of hydrogen-bond acceptors (Lipinski definition) is 1. The van der Waals surface area contributed by atoms with E-state index in [0.717, 1.165) is 17.8 Å². The Balaban J connectivity index is 2.05. The van der Waals surface area contributed by atoms with E-state index < -0.39 is 0 Å². The van der Waals surface area contributed by atoms with Crippen molar-refractivity contribution in [2.24, 2.45) is 28.9 Å². The fourth-order valence-electron chi connectivity index (χ4n) is 4.84. The molecule has 4 unspecified atom stereocenters. The predicted molar refractivity (Wildman–Crippen MR) is 79.1 cm³/mol. The van der Waals surface area contributed by atoms with Gasteiger partial charge in [0.05, 0.1) is 0 Å². The highest BCUT2D eigenvalue weighted by molar-refractivity contribution is 5.00. The summed E-state index contributed by atoms with van der Waals surface area (Å²) >= 11 is 0. The van der Waals surface area contributed by atoms with Crippen molar-refractivity contribution >= 4 is 0 Å². The van der Waals surface area contributed by atoms with Crippen molar-refractivity contribution < 1.29 is 0 Å². The van der Waals surface area contributed by atoms with E-state index in [1.165, 1.54) is 56.9 Å². The largest absolute Gasteiger partial charge is 0.405 e. The minimum Gasteiger partial charge on any atom is -0.405 e. The summed E-state index contributed by atoms with van der Waals surface area (Å²) in [5.41, 5.74) is 7.61. The minimum absolute atomic E-state index is 0.630. The molecular formula is C17H31N. The van der Waals surface area contributed by atoms with Gasteiger partial charge in [-0.25, -0.2) is 0 Å². The zero-order valence-corrected chi connectivity index (χ0v) is 12.5. The lowest BCUT2D eigenvalue weighted by Crippen LogP contribution is -2.44. The summed E-state index contributed by atoms with van der Waals surface area (Å²) < 4.78 is 0. The molecule has 2 saturated carbocycles. The number of hydrogen-bond donors (Lipinski definition) is 1.